The normalized spacial score (nSPS) is 23.2. The molecule has 0 spiro atoms. The SMILES string of the molecule is Cc1ccccc1S(=O)(=O)N1CCCN(C)CC1C. The zero-order chi connectivity index (χ0) is 14.0. The van der Waals surface area contributed by atoms with Gasteiger partial charge in [-0.1, -0.05) is 18.2 Å². The lowest BCUT2D eigenvalue weighted by molar-refractivity contribution is 0.290. The lowest BCUT2D eigenvalue weighted by Gasteiger charge is -2.27. The van der Waals surface area contributed by atoms with Gasteiger partial charge < -0.3 is 4.90 Å². The average Bonchev–Trinajstić information content (AvgIpc) is 2.50. The highest BCUT2D eigenvalue weighted by atomic mass is 32.2. The summed E-state index contributed by atoms with van der Waals surface area (Å²) in [6.45, 7) is 6.16. The van der Waals surface area contributed by atoms with Crippen molar-refractivity contribution < 1.29 is 8.42 Å². The summed E-state index contributed by atoms with van der Waals surface area (Å²) >= 11 is 0. The number of sulfonamides is 1. The van der Waals surface area contributed by atoms with Gasteiger partial charge in [0.05, 0.1) is 4.90 Å². The Labute approximate surface area is 116 Å². The smallest absolute Gasteiger partial charge is 0.243 e. The lowest BCUT2D eigenvalue weighted by atomic mass is 10.2. The van der Waals surface area contributed by atoms with Crippen LogP contribution < -0.4 is 0 Å². The lowest BCUT2D eigenvalue weighted by Crippen LogP contribution is -2.42. The molecular weight excluding hydrogens is 260 g/mol. The van der Waals surface area contributed by atoms with E-state index in [0.717, 1.165) is 25.1 Å². The van der Waals surface area contributed by atoms with Gasteiger partial charge in [0, 0.05) is 19.1 Å². The molecule has 2 rings (SSSR count). The molecule has 1 aromatic carbocycles. The summed E-state index contributed by atoms with van der Waals surface area (Å²) in [7, 11) is -1.34. The first-order valence-electron chi connectivity index (χ1n) is 6.69. The first-order valence-corrected chi connectivity index (χ1v) is 8.13. The molecule has 1 aliphatic heterocycles. The topological polar surface area (TPSA) is 40.6 Å². The van der Waals surface area contributed by atoms with Gasteiger partial charge in [0.2, 0.25) is 10.0 Å². The molecule has 1 atom stereocenters. The molecule has 0 amide bonds. The highest BCUT2D eigenvalue weighted by molar-refractivity contribution is 7.89. The first-order chi connectivity index (χ1) is 8.93. The first kappa shape index (κ1) is 14.5. The Morgan fingerprint density at radius 3 is 2.58 bits per heavy atom. The molecule has 0 radical (unpaired) electrons. The Balaban J connectivity index is 2.36. The van der Waals surface area contributed by atoms with E-state index in [0.29, 0.717) is 11.4 Å². The largest absolute Gasteiger partial charge is 0.305 e. The monoisotopic (exact) mass is 282 g/mol. The van der Waals surface area contributed by atoms with Crippen LogP contribution in [0.5, 0.6) is 0 Å². The Kier molecular flexibility index (Phi) is 4.28. The summed E-state index contributed by atoms with van der Waals surface area (Å²) < 4.78 is 27.2. The van der Waals surface area contributed by atoms with E-state index in [-0.39, 0.29) is 6.04 Å². The minimum absolute atomic E-state index is 0.0112. The van der Waals surface area contributed by atoms with Crippen LogP contribution in [0.3, 0.4) is 0 Å². The van der Waals surface area contributed by atoms with E-state index in [1.165, 1.54) is 0 Å². The number of nitrogens with zero attached hydrogens (tertiary/aromatic N) is 2. The number of aryl methyl sites for hydroxylation is 1. The average molecular weight is 282 g/mol. The zero-order valence-corrected chi connectivity index (χ0v) is 12.7. The van der Waals surface area contributed by atoms with E-state index < -0.39 is 10.0 Å². The summed E-state index contributed by atoms with van der Waals surface area (Å²) in [6, 6.07) is 7.22. The molecule has 1 aromatic rings. The number of benzene rings is 1. The summed E-state index contributed by atoms with van der Waals surface area (Å²) in [4.78, 5) is 2.63. The van der Waals surface area contributed by atoms with Crippen molar-refractivity contribution in [3.8, 4) is 0 Å². The summed E-state index contributed by atoms with van der Waals surface area (Å²) in [5.41, 5.74) is 0.812. The van der Waals surface area contributed by atoms with Crippen molar-refractivity contribution in [3.63, 3.8) is 0 Å². The van der Waals surface area contributed by atoms with Gasteiger partial charge in [-0.2, -0.15) is 4.31 Å². The highest BCUT2D eigenvalue weighted by Gasteiger charge is 2.31. The molecule has 0 bridgehead atoms. The number of hydrogen-bond donors (Lipinski definition) is 0. The molecule has 0 aliphatic carbocycles. The van der Waals surface area contributed by atoms with Gasteiger partial charge in [-0.3, -0.25) is 0 Å². The molecule has 19 heavy (non-hydrogen) atoms. The summed E-state index contributed by atoms with van der Waals surface area (Å²) in [5, 5.41) is 0. The molecule has 1 saturated heterocycles. The Bertz CT molecular complexity index is 542. The molecule has 5 heteroatoms. The number of likely N-dealkylation sites (N-methyl/N-ethyl adjacent to an activating group) is 1. The molecular formula is C14H22N2O2S. The minimum Gasteiger partial charge on any atom is -0.305 e. The van der Waals surface area contributed by atoms with Gasteiger partial charge in [-0.05, 0) is 45.5 Å². The second kappa shape index (κ2) is 5.61. The zero-order valence-electron chi connectivity index (χ0n) is 11.8. The van der Waals surface area contributed by atoms with E-state index in [2.05, 4.69) is 4.90 Å². The van der Waals surface area contributed by atoms with Crippen molar-refractivity contribution in [3.05, 3.63) is 29.8 Å². The van der Waals surface area contributed by atoms with Gasteiger partial charge >= 0.3 is 0 Å². The molecule has 0 saturated carbocycles. The molecule has 1 fully saturated rings. The molecule has 1 unspecified atom stereocenters. The van der Waals surface area contributed by atoms with Crippen LogP contribution in [-0.4, -0.2) is 50.3 Å². The van der Waals surface area contributed by atoms with Gasteiger partial charge in [0.1, 0.15) is 0 Å². The highest BCUT2D eigenvalue weighted by Crippen LogP contribution is 2.23. The predicted molar refractivity (Wildman–Crippen MR) is 76.6 cm³/mol. The van der Waals surface area contributed by atoms with Crippen molar-refractivity contribution in [1.82, 2.24) is 9.21 Å². The summed E-state index contributed by atoms with van der Waals surface area (Å²) in [6.07, 6.45) is 0.881. The maximum absolute atomic E-state index is 12.8. The minimum atomic E-state index is -3.38. The number of hydrogen-bond acceptors (Lipinski definition) is 3. The van der Waals surface area contributed by atoms with Gasteiger partial charge in [-0.25, -0.2) is 8.42 Å². The van der Waals surface area contributed by atoms with Gasteiger partial charge in [-0.15, -0.1) is 0 Å². The quantitative estimate of drug-likeness (QED) is 0.829. The Hall–Kier alpha value is -0.910. The third-order valence-corrected chi connectivity index (χ3v) is 5.84. The molecule has 106 valence electrons. The second-order valence-electron chi connectivity index (χ2n) is 5.35. The third-order valence-electron chi connectivity index (χ3n) is 3.67. The van der Waals surface area contributed by atoms with Crippen LogP contribution >= 0.6 is 0 Å². The maximum Gasteiger partial charge on any atom is 0.243 e. The van der Waals surface area contributed by atoms with Crippen LogP contribution in [0.15, 0.2) is 29.2 Å². The molecule has 1 aliphatic rings. The molecule has 0 aromatic heterocycles. The predicted octanol–water partition coefficient (Wildman–Crippen LogP) is 1.71. The second-order valence-corrected chi connectivity index (χ2v) is 7.21. The fraction of sp³-hybridized carbons (Fsp3) is 0.571. The third kappa shape index (κ3) is 2.99. The van der Waals surface area contributed by atoms with E-state index in [1.54, 1.807) is 16.4 Å². The van der Waals surface area contributed by atoms with Crippen molar-refractivity contribution in [2.75, 3.05) is 26.7 Å². The van der Waals surface area contributed by atoms with Crippen LogP contribution in [-0.2, 0) is 10.0 Å². The van der Waals surface area contributed by atoms with Crippen molar-refractivity contribution >= 4 is 10.0 Å². The van der Waals surface area contributed by atoms with Crippen LogP contribution in [0.4, 0.5) is 0 Å². The summed E-state index contributed by atoms with van der Waals surface area (Å²) in [5.74, 6) is 0. The Morgan fingerprint density at radius 1 is 1.21 bits per heavy atom. The van der Waals surface area contributed by atoms with Crippen LogP contribution in [0.2, 0.25) is 0 Å². The fourth-order valence-electron chi connectivity index (χ4n) is 2.68. The van der Waals surface area contributed by atoms with Crippen LogP contribution in [0, 0.1) is 6.92 Å². The fourth-order valence-corrected chi connectivity index (χ4v) is 4.57. The number of rotatable bonds is 2. The molecule has 0 N–H and O–H groups in total. The van der Waals surface area contributed by atoms with E-state index in [1.807, 2.05) is 33.0 Å². The maximum atomic E-state index is 12.8. The van der Waals surface area contributed by atoms with E-state index in [4.69, 9.17) is 0 Å². The van der Waals surface area contributed by atoms with Crippen LogP contribution in [0.1, 0.15) is 18.9 Å². The van der Waals surface area contributed by atoms with Crippen molar-refractivity contribution in [2.24, 2.45) is 0 Å². The van der Waals surface area contributed by atoms with Crippen LogP contribution in [0.25, 0.3) is 0 Å². The van der Waals surface area contributed by atoms with Gasteiger partial charge in [0.15, 0.2) is 0 Å². The van der Waals surface area contributed by atoms with Crippen molar-refractivity contribution in [2.45, 2.75) is 31.2 Å². The molecule has 1 heterocycles. The molecule has 4 nitrogen and oxygen atoms in total. The van der Waals surface area contributed by atoms with E-state index in [9.17, 15) is 8.42 Å². The van der Waals surface area contributed by atoms with Crippen molar-refractivity contribution in [1.29, 1.82) is 0 Å². The van der Waals surface area contributed by atoms with Gasteiger partial charge in [0.25, 0.3) is 0 Å². The van der Waals surface area contributed by atoms with E-state index >= 15 is 0 Å². The Morgan fingerprint density at radius 2 is 1.89 bits per heavy atom. The standard InChI is InChI=1S/C14H22N2O2S/c1-12-7-4-5-8-14(12)19(17,18)16-10-6-9-15(3)11-13(16)2/h4-5,7-8,13H,6,9-11H2,1-3H3.